The maximum atomic E-state index is 12.5. The van der Waals surface area contributed by atoms with Gasteiger partial charge in [-0.05, 0) is 55.7 Å². The van der Waals surface area contributed by atoms with E-state index in [9.17, 15) is 4.79 Å². The SMILES string of the molecule is Cc1nc(NCc2cccnc2)cc(C(=O)Nc2ccc(C)c(C)c2)n1. The number of pyridine rings is 1. The number of nitrogens with zero attached hydrogens (tertiary/aromatic N) is 3. The van der Waals surface area contributed by atoms with Gasteiger partial charge in [-0.2, -0.15) is 0 Å². The quantitative estimate of drug-likeness (QED) is 0.736. The summed E-state index contributed by atoms with van der Waals surface area (Å²) in [6, 6.07) is 11.3. The van der Waals surface area contributed by atoms with Gasteiger partial charge < -0.3 is 10.6 Å². The Morgan fingerprint density at radius 2 is 1.88 bits per heavy atom. The van der Waals surface area contributed by atoms with Crippen LogP contribution in [-0.2, 0) is 6.54 Å². The maximum absolute atomic E-state index is 12.5. The molecule has 0 aliphatic carbocycles. The van der Waals surface area contributed by atoms with Crippen LogP contribution in [0.2, 0.25) is 0 Å². The van der Waals surface area contributed by atoms with E-state index in [1.54, 1.807) is 25.4 Å². The third-order valence-corrected chi connectivity index (χ3v) is 4.03. The highest BCUT2D eigenvalue weighted by Gasteiger charge is 2.11. The average Bonchev–Trinajstić information content (AvgIpc) is 2.63. The Morgan fingerprint density at radius 1 is 1.04 bits per heavy atom. The summed E-state index contributed by atoms with van der Waals surface area (Å²) in [5.74, 6) is 0.876. The molecule has 0 bridgehead atoms. The molecule has 6 nitrogen and oxygen atoms in total. The number of amides is 1. The zero-order chi connectivity index (χ0) is 18.5. The summed E-state index contributed by atoms with van der Waals surface area (Å²) in [5.41, 5.74) is 4.41. The molecule has 1 amide bonds. The highest BCUT2D eigenvalue weighted by molar-refractivity contribution is 6.03. The molecule has 0 atom stereocenters. The molecule has 0 saturated carbocycles. The van der Waals surface area contributed by atoms with E-state index in [2.05, 4.69) is 25.6 Å². The fourth-order valence-corrected chi connectivity index (χ4v) is 2.48. The van der Waals surface area contributed by atoms with E-state index in [0.717, 1.165) is 16.8 Å². The van der Waals surface area contributed by atoms with Crippen molar-refractivity contribution in [2.24, 2.45) is 0 Å². The Balaban J connectivity index is 1.73. The first kappa shape index (κ1) is 17.5. The van der Waals surface area contributed by atoms with Crippen molar-refractivity contribution in [2.75, 3.05) is 10.6 Å². The van der Waals surface area contributed by atoms with Crippen LogP contribution < -0.4 is 10.6 Å². The van der Waals surface area contributed by atoms with Crippen molar-refractivity contribution in [1.29, 1.82) is 0 Å². The largest absolute Gasteiger partial charge is 0.366 e. The van der Waals surface area contributed by atoms with Gasteiger partial charge >= 0.3 is 0 Å². The van der Waals surface area contributed by atoms with Crippen LogP contribution in [0.3, 0.4) is 0 Å². The van der Waals surface area contributed by atoms with Crippen molar-refractivity contribution in [3.05, 3.63) is 77.0 Å². The monoisotopic (exact) mass is 347 g/mol. The van der Waals surface area contributed by atoms with E-state index in [1.807, 2.05) is 44.2 Å². The van der Waals surface area contributed by atoms with Crippen LogP contribution in [0.1, 0.15) is 33.0 Å². The third kappa shape index (κ3) is 4.42. The number of nitrogens with one attached hydrogen (secondary N) is 2. The maximum Gasteiger partial charge on any atom is 0.274 e. The predicted molar refractivity (Wildman–Crippen MR) is 102 cm³/mol. The molecule has 132 valence electrons. The molecule has 0 aliphatic rings. The lowest BCUT2D eigenvalue weighted by Gasteiger charge is -2.10. The third-order valence-electron chi connectivity index (χ3n) is 4.03. The van der Waals surface area contributed by atoms with Gasteiger partial charge in [-0.3, -0.25) is 9.78 Å². The van der Waals surface area contributed by atoms with E-state index in [4.69, 9.17) is 0 Å². The van der Waals surface area contributed by atoms with Gasteiger partial charge in [0, 0.05) is 30.7 Å². The van der Waals surface area contributed by atoms with Crippen molar-refractivity contribution >= 4 is 17.4 Å². The molecule has 26 heavy (non-hydrogen) atoms. The van der Waals surface area contributed by atoms with Gasteiger partial charge in [0.05, 0.1) is 0 Å². The second-order valence-corrected chi connectivity index (χ2v) is 6.15. The number of rotatable bonds is 5. The van der Waals surface area contributed by atoms with Crippen LogP contribution in [0.5, 0.6) is 0 Å². The topological polar surface area (TPSA) is 79.8 Å². The molecule has 2 N–H and O–H groups in total. The average molecular weight is 347 g/mol. The normalized spacial score (nSPS) is 10.4. The molecule has 2 heterocycles. The van der Waals surface area contributed by atoms with Gasteiger partial charge in [-0.1, -0.05) is 12.1 Å². The fourth-order valence-electron chi connectivity index (χ4n) is 2.48. The lowest BCUT2D eigenvalue weighted by molar-refractivity contribution is 0.102. The van der Waals surface area contributed by atoms with E-state index in [0.29, 0.717) is 23.9 Å². The summed E-state index contributed by atoms with van der Waals surface area (Å²) in [5, 5.41) is 6.09. The Hall–Kier alpha value is -3.28. The zero-order valence-corrected chi connectivity index (χ0v) is 15.1. The van der Waals surface area contributed by atoms with Crippen LogP contribution >= 0.6 is 0 Å². The molecule has 0 unspecified atom stereocenters. The number of carbonyl (C=O) groups excluding carboxylic acids is 1. The summed E-state index contributed by atoms with van der Waals surface area (Å²) >= 11 is 0. The van der Waals surface area contributed by atoms with E-state index in [-0.39, 0.29) is 5.91 Å². The van der Waals surface area contributed by atoms with Crippen LogP contribution in [0.25, 0.3) is 0 Å². The molecular weight excluding hydrogens is 326 g/mol. The molecule has 0 fully saturated rings. The van der Waals surface area contributed by atoms with Gasteiger partial charge in [0.25, 0.3) is 5.91 Å². The summed E-state index contributed by atoms with van der Waals surface area (Å²) in [6.45, 7) is 6.39. The summed E-state index contributed by atoms with van der Waals surface area (Å²) in [6.07, 6.45) is 3.52. The van der Waals surface area contributed by atoms with Gasteiger partial charge in [-0.15, -0.1) is 0 Å². The van der Waals surface area contributed by atoms with Gasteiger partial charge in [-0.25, -0.2) is 9.97 Å². The summed E-state index contributed by atoms with van der Waals surface area (Å²) in [4.78, 5) is 25.2. The molecule has 6 heteroatoms. The Morgan fingerprint density at radius 3 is 2.62 bits per heavy atom. The zero-order valence-electron chi connectivity index (χ0n) is 15.1. The minimum atomic E-state index is -0.261. The molecule has 1 aromatic carbocycles. The van der Waals surface area contributed by atoms with Crippen LogP contribution in [0.4, 0.5) is 11.5 Å². The van der Waals surface area contributed by atoms with Crippen LogP contribution in [0, 0.1) is 20.8 Å². The first-order valence-corrected chi connectivity index (χ1v) is 8.38. The lowest BCUT2D eigenvalue weighted by Crippen LogP contribution is -2.16. The van der Waals surface area contributed by atoms with Crippen LogP contribution in [0.15, 0.2) is 48.8 Å². The van der Waals surface area contributed by atoms with Crippen molar-refractivity contribution in [1.82, 2.24) is 15.0 Å². The van der Waals surface area contributed by atoms with Crippen molar-refractivity contribution in [2.45, 2.75) is 27.3 Å². The van der Waals surface area contributed by atoms with Crippen molar-refractivity contribution < 1.29 is 4.79 Å². The lowest BCUT2D eigenvalue weighted by atomic mass is 10.1. The van der Waals surface area contributed by atoms with Crippen molar-refractivity contribution in [3.8, 4) is 0 Å². The second-order valence-electron chi connectivity index (χ2n) is 6.15. The molecule has 2 aromatic heterocycles. The van der Waals surface area contributed by atoms with Crippen LogP contribution in [-0.4, -0.2) is 20.9 Å². The number of aromatic nitrogens is 3. The predicted octanol–water partition coefficient (Wildman–Crippen LogP) is 3.66. The smallest absolute Gasteiger partial charge is 0.274 e. The van der Waals surface area contributed by atoms with E-state index < -0.39 is 0 Å². The van der Waals surface area contributed by atoms with E-state index >= 15 is 0 Å². The molecule has 0 radical (unpaired) electrons. The Kier molecular flexibility index (Phi) is 5.22. The second kappa shape index (κ2) is 7.74. The number of carbonyl (C=O) groups is 1. The number of hydrogen-bond donors (Lipinski definition) is 2. The van der Waals surface area contributed by atoms with Gasteiger partial charge in [0.15, 0.2) is 0 Å². The number of benzene rings is 1. The van der Waals surface area contributed by atoms with Gasteiger partial charge in [0.2, 0.25) is 0 Å². The minimum absolute atomic E-state index is 0.261. The highest BCUT2D eigenvalue weighted by Crippen LogP contribution is 2.16. The molecule has 0 aliphatic heterocycles. The van der Waals surface area contributed by atoms with Gasteiger partial charge in [0.1, 0.15) is 17.3 Å². The first-order valence-electron chi connectivity index (χ1n) is 8.38. The Bertz CT molecular complexity index is 925. The minimum Gasteiger partial charge on any atom is -0.366 e. The number of anilines is 2. The highest BCUT2D eigenvalue weighted by atomic mass is 16.1. The summed E-state index contributed by atoms with van der Waals surface area (Å²) in [7, 11) is 0. The first-order chi connectivity index (χ1) is 12.5. The fraction of sp³-hybridized carbons (Fsp3) is 0.200. The standard InChI is InChI=1S/C20H21N5O/c1-13-6-7-17(9-14(13)2)25-20(26)18-10-19(24-15(3)23-18)22-12-16-5-4-8-21-11-16/h4-11H,12H2,1-3H3,(H,25,26)(H,22,23,24). The number of hydrogen-bond acceptors (Lipinski definition) is 5. The van der Waals surface area contributed by atoms with Crippen molar-refractivity contribution in [3.63, 3.8) is 0 Å². The van der Waals surface area contributed by atoms with E-state index in [1.165, 1.54) is 5.56 Å². The molecule has 3 rings (SSSR count). The molecule has 0 spiro atoms. The Labute approximate surface area is 152 Å². The number of aryl methyl sites for hydroxylation is 3. The molecular formula is C20H21N5O. The summed E-state index contributed by atoms with van der Waals surface area (Å²) < 4.78 is 0. The molecule has 3 aromatic rings. The molecule has 0 saturated heterocycles.